The quantitative estimate of drug-likeness (QED) is 0.542. The molecule has 7 nitrogen and oxygen atoms in total. The highest BCUT2D eigenvalue weighted by Crippen LogP contribution is 2.25. The van der Waals surface area contributed by atoms with E-state index in [1.54, 1.807) is 29.7 Å². The fourth-order valence-electron chi connectivity index (χ4n) is 3.46. The molecule has 148 valence electrons. The van der Waals surface area contributed by atoms with E-state index in [0.717, 1.165) is 16.8 Å². The number of rotatable bonds is 7. The lowest BCUT2D eigenvalue weighted by molar-refractivity contribution is -0.131. The normalized spacial score (nSPS) is 13.0. The van der Waals surface area contributed by atoms with E-state index in [0.29, 0.717) is 31.8 Å². The van der Waals surface area contributed by atoms with Crippen LogP contribution in [0.3, 0.4) is 0 Å². The second-order valence-electron chi connectivity index (χ2n) is 6.52. The third kappa shape index (κ3) is 3.93. The highest BCUT2D eigenvalue weighted by Gasteiger charge is 2.30. The maximum absolute atomic E-state index is 12.9. The number of amides is 1. The Morgan fingerprint density at radius 1 is 1.32 bits per heavy atom. The third-order valence-corrected chi connectivity index (χ3v) is 4.79. The van der Waals surface area contributed by atoms with Crippen LogP contribution in [0.15, 0.2) is 36.9 Å². The number of nitrogens with zero attached hydrogens (tertiary/aromatic N) is 3. The van der Waals surface area contributed by atoms with Crippen LogP contribution in [0.2, 0.25) is 0 Å². The summed E-state index contributed by atoms with van der Waals surface area (Å²) in [6.45, 7) is 7.21. The zero-order valence-corrected chi connectivity index (χ0v) is 16.3. The predicted molar refractivity (Wildman–Crippen MR) is 104 cm³/mol. The van der Waals surface area contributed by atoms with Crippen LogP contribution in [0.5, 0.6) is 5.75 Å². The van der Waals surface area contributed by atoms with Crippen LogP contribution in [0.1, 0.15) is 34.2 Å². The van der Waals surface area contributed by atoms with Crippen molar-refractivity contribution in [3.8, 4) is 5.75 Å². The number of methoxy groups -OCH3 is 1. The van der Waals surface area contributed by atoms with Crippen LogP contribution in [-0.4, -0.2) is 46.8 Å². The lowest BCUT2D eigenvalue weighted by Crippen LogP contribution is -2.37. The monoisotopic (exact) mass is 383 g/mol. The molecule has 1 amide bonds. The largest absolute Gasteiger partial charge is 0.496 e. The van der Waals surface area contributed by atoms with Crippen LogP contribution in [0.25, 0.3) is 0 Å². The number of esters is 1. The summed E-state index contributed by atoms with van der Waals surface area (Å²) in [5.41, 5.74) is 2.85. The molecule has 1 aliphatic heterocycles. The van der Waals surface area contributed by atoms with Gasteiger partial charge in [-0.1, -0.05) is 24.3 Å². The first-order valence-corrected chi connectivity index (χ1v) is 9.35. The number of benzene rings is 1. The van der Waals surface area contributed by atoms with Crippen LogP contribution < -0.4 is 4.74 Å². The average molecular weight is 383 g/mol. The Kier molecular flexibility index (Phi) is 6.13. The van der Waals surface area contributed by atoms with Gasteiger partial charge in [-0.15, -0.1) is 6.58 Å². The minimum Gasteiger partial charge on any atom is -0.496 e. The number of hydrogen-bond donors (Lipinski definition) is 0. The molecular weight excluding hydrogens is 358 g/mol. The van der Waals surface area contributed by atoms with E-state index in [9.17, 15) is 9.59 Å². The third-order valence-electron chi connectivity index (χ3n) is 4.79. The van der Waals surface area contributed by atoms with Crippen molar-refractivity contribution in [3.05, 3.63) is 59.4 Å². The zero-order chi connectivity index (χ0) is 20.1. The molecule has 28 heavy (non-hydrogen) atoms. The first-order valence-electron chi connectivity index (χ1n) is 9.35. The first kappa shape index (κ1) is 19.7. The molecular formula is C21H25N3O4. The van der Waals surface area contributed by atoms with Gasteiger partial charge in [-0.05, 0) is 13.0 Å². The number of para-hydroxylation sites is 1. The van der Waals surface area contributed by atoms with Crippen molar-refractivity contribution < 1.29 is 19.1 Å². The number of ether oxygens (including phenoxy) is 2. The number of fused-ring (bicyclic) bond motifs is 1. The second kappa shape index (κ2) is 8.73. The van der Waals surface area contributed by atoms with E-state index >= 15 is 0 Å². The minimum atomic E-state index is -0.458. The Balaban J connectivity index is 1.83. The van der Waals surface area contributed by atoms with Gasteiger partial charge in [0.05, 0.1) is 26.7 Å². The van der Waals surface area contributed by atoms with Gasteiger partial charge in [-0.25, -0.2) is 4.79 Å². The molecule has 0 saturated carbocycles. The predicted octanol–water partition coefficient (Wildman–Crippen LogP) is 2.38. The van der Waals surface area contributed by atoms with Gasteiger partial charge in [0.15, 0.2) is 5.69 Å². The molecule has 3 rings (SSSR count). The van der Waals surface area contributed by atoms with Gasteiger partial charge in [0.25, 0.3) is 0 Å². The topological polar surface area (TPSA) is 73.7 Å². The van der Waals surface area contributed by atoms with Crippen molar-refractivity contribution >= 4 is 11.9 Å². The molecule has 0 aliphatic carbocycles. The van der Waals surface area contributed by atoms with Crippen LogP contribution in [0, 0.1) is 0 Å². The highest BCUT2D eigenvalue weighted by atomic mass is 16.5. The second-order valence-corrected chi connectivity index (χ2v) is 6.52. The van der Waals surface area contributed by atoms with Gasteiger partial charge in [-0.3, -0.25) is 9.48 Å². The standard InChI is InChI=1S/C21H25N3O4/c1-4-11-24-17-10-12-23(14-16(17)20(22-24)21(26)28-5-2)19(25)13-15-8-6-7-9-18(15)27-3/h4,6-9H,1,5,10-14H2,2-3H3. The molecule has 0 radical (unpaired) electrons. The molecule has 0 unspecified atom stereocenters. The molecule has 0 saturated heterocycles. The van der Waals surface area contributed by atoms with E-state index < -0.39 is 5.97 Å². The summed E-state index contributed by atoms with van der Waals surface area (Å²) < 4.78 is 12.3. The summed E-state index contributed by atoms with van der Waals surface area (Å²) in [5, 5.41) is 4.42. The molecule has 0 spiro atoms. The number of carbonyl (C=O) groups is 2. The van der Waals surface area contributed by atoms with E-state index in [4.69, 9.17) is 9.47 Å². The smallest absolute Gasteiger partial charge is 0.359 e. The fraction of sp³-hybridized carbons (Fsp3) is 0.381. The lowest BCUT2D eigenvalue weighted by Gasteiger charge is -2.28. The SMILES string of the molecule is C=CCn1nc(C(=O)OCC)c2c1CCN(C(=O)Cc1ccccc1OC)C2. The molecule has 0 atom stereocenters. The maximum atomic E-state index is 12.9. The van der Waals surface area contributed by atoms with Crippen molar-refractivity contribution in [1.29, 1.82) is 0 Å². The summed E-state index contributed by atoms with van der Waals surface area (Å²) in [6.07, 6.45) is 2.61. The van der Waals surface area contributed by atoms with E-state index in [1.807, 2.05) is 24.3 Å². The van der Waals surface area contributed by atoms with E-state index in [2.05, 4.69) is 11.7 Å². The van der Waals surface area contributed by atoms with Crippen molar-refractivity contribution in [2.24, 2.45) is 0 Å². The number of aromatic nitrogens is 2. The Morgan fingerprint density at radius 2 is 2.11 bits per heavy atom. The zero-order valence-electron chi connectivity index (χ0n) is 16.3. The van der Waals surface area contributed by atoms with Gasteiger partial charge in [0.2, 0.25) is 5.91 Å². The molecule has 0 bridgehead atoms. The van der Waals surface area contributed by atoms with Crippen molar-refractivity contribution in [1.82, 2.24) is 14.7 Å². The van der Waals surface area contributed by atoms with Crippen molar-refractivity contribution in [2.45, 2.75) is 32.9 Å². The minimum absolute atomic E-state index is 0.0126. The first-order chi connectivity index (χ1) is 13.6. The van der Waals surface area contributed by atoms with Crippen LogP contribution in [0.4, 0.5) is 0 Å². The van der Waals surface area contributed by atoms with Crippen molar-refractivity contribution in [3.63, 3.8) is 0 Å². The molecule has 1 aromatic heterocycles. The number of hydrogen-bond acceptors (Lipinski definition) is 5. The molecule has 2 aromatic rings. The molecule has 7 heteroatoms. The fourth-order valence-corrected chi connectivity index (χ4v) is 3.46. The summed E-state index contributed by atoms with van der Waals surface area (Å²) in [7, 11) is 1.59. The summed E-state index contributed by atoms with van der Waals surface area (Å²) in [4.78, 5) is 27.0. The molecule has 0 N–H and O–H groups in total. The summed E-state index contributed by atoms with van der Waals surface area (Å²) >= 11 is 0. The number of allylic oxidation sites excluding steroid dienone is 1. The van der Waals surface area contributed by atoms with Crippen LogP contribution in [-0.2, 0) is 35.5 Å². The average Bonchev–Trinajstić information content (AvgIpc) is 3.07. The van der Waals surface area contributed by atoms with Crippen molar-refractivity contribution in [2.75, 3.05) is 20.3 Å². The summed E-state index contributed by atoms with van der Waals surface area (Å²) in [6, 6.07) is 7.49. The van der Waals surface area contributed by atoms with Gasteiger partial charge in [-0.2, -0.15) is 5.10 Å². The molecule has 1 aromatic carbocycles. The summed E-state index contributed by atoms with van der Waals surface area (Å²) in [5.74, 6) is 0.224. The van der Waals surface area contributed by atoms with Gasteiger partial charge in [0.1, 0.15) is 5.75 Å². The number of carbonyl (C=O) groups excluding carboxylic acids is 2. The van der Waals surface area contributed by atoms with Gasteiger partial charge in [0, 0.05) is 36.3 Å². The highest BCUT2D eigenvalue weighted by molar-refractivity contribution is 5.89. The van der Waals surface area contributed by atoms with Gasteiger partial charge >= 0.3 is 5.97 Å². The van der Waals surface area contributed by atoms with Crippen LogP contribution >= 0.6 is 0 Å². The molecule has 1 aliphatic rings. The molecule has 0 fully saturated rings. The van der Waals surface area contributed by atoms with E-state index in [-0.39, 0.29) is 24.6 Å². The Bertz CT molecular complexity index is 888. The van der Waals surface area contributed by atoms with Gasteiger partial charge < -0.3 is 14.4 Å². The Morgan fingerprint density at radius 3 is 2.82 bits per heavy atom. The Labute approximate surface area is 164 Å². The van der Waals surface area contributed by atoms with E-state index in [1.165, 1.54) is 0 Å². The Hall–Kier alpha value is -3.09. The molecule has 2 heterocycles. The lowest BCUT2D eigenvalue weighted by atomic mass is 10.0. The maximum Gasteiger partial charge on any atom is 0.359 e.